The molecule has 3 aromatic rings. The molecule has 0 fully saturated rings. The first-order chi connectivity index (χ1) is 16.6. The number of alkyl halides is 3. The second-order valence-corrected chi connectivity index (χ2v) is 7.88. The number of nitrogens with zero attached hydrogens (tertiary/aromatic N) is 2. The molecule has 1 heterocycles. The predicted molar refractivity (Wildman–Crippen MR) is 124 cm³/mol. The van der Waals surface area contributed by atoms with Gasteiger partial charge in [-0.1, -0.05) is 25.1 Å². The number of hydrogen-bond acceptors (Lipinski definition) is 5. The first-order valence-corrected chi connectivity index (χ1v) is 11.0. The van der Waals surface area contributed by atoms with Crippen molar-refractivity contribution in [2.75, 3.05) is 13.7 Å². The van der Waals surface area contributed by atoms with E-state index in [9.17, 15) is 22.8 Å². The van der Waals surface area contributed by atoms with E-state index in [1.54, 1.807) is 25.1 Å². The van der Waals surface area contributed by atoms with Gasteiger partial charge in [-0.3, -0.25) is 9.59 Å². The van der Waals surface area contributed by atoms with Gasteiger partial charge in [0.15, 0.2) is 17.2 Å². The molecule has 3 rings (SSSR count). The lowest BCUT2D eigenvalue weighted by Crippen LogP contribution is -2.33. The third-order valence-corrected chi connectivity index (χ3v) is 5.26. The molecule has 1 amide bonds. The molecule has 0 saturated carbocycles. The van der Waals surface area contributed by atoms with Crippen LogP contribution in [0, 0.1) is 6.92 Å². The van der Waals surface area contributed by atoms with Crippen molar-refractivity contribution in [1.82, 2.24) is 15.1 Å². The van der Waals surface area contributed by atoms with E-state index in [0.29, 0.717) is 23.7 Å². The molecule has 0 saturated heterocycles. The normalized spacial score (nSPS) is 12.2. The minimum absolute atomic E-state index is 0.156. The number of nitrogens with one attached hydrogen (secondary N) is 1. The SMILES string of the molecule is CCCOc1ccc(C(C)NC(=O)c2nn(-c3ccccc3C(F)(F)F)c(C)cc2=O)cc1OC. The standard InChI is InChI=1S/C25H26F3N3O4/c1-5-12-35-21-11-10-17(14-22(21)34-4)16(3)29-24(33)23-20(32)13-15(2)31(30-23)19-9-7-6-8-18(19)25(26,27)28/h6-11,13-14,16H,5,12H2,1-4H3,(H,29,33). The summed E-state index contributed by atoms with van der Waals surface area (Å²) >= 11 is 0. The minimum atomic E-state index is -4.64. The van der Waals surface area contributed by atoms with Crippen LogP contribution < -0.4 is 20.2 Å². The van der Waals surface area contributed by atoms with E-state index < -0.39 is 34.8 Å². The van der Waals surface area contributed by atoms with E-state index in [2.05, 4.69) is 10.4 Å². The Morgan fingerprint density at radius 3 is 2.51 bits per heavy atom. The maximum atomic E-state index is 13.5. The number of benzene rings is 2. The van der Waals surface area contributed by atoms with Crippen molar-refractivity contribution >= 4 is 5.91 Å². The van der Waals surface area contributed by atoms with Crippen molar-refractivity contribution in [1.29, 1.82) is 0 Å². The molecule has 0 aliphatic heterocycles. The van der Waals surface area contributed by atoms with E-state index in [4.69, 9.17) is 9.47 Å². The summed E-state index contributed by atoms with van der Waals surface area (Å²) in [4.78, 5) is 25.4. The van der Waals surface area contributed by atoms with E-state index in [1.807, 2.05) is 6.92 Å². The Bertz CT molecular complexity index is 1270. The Labute approximate surface area is 200 Å². The Kier molecular flexibility index (Phi) is 7.83. The van der Waals surface area contributed by atoms with Crippen LogP contribution in [0.2, 0.25) is 0 Å². The minimum Gasteiger partial charge on any atom is -0.493 e. The molecular weight excluding hydrogens is 463 g/mol. The van der Waals surface area contributed by atoms with Crippen LogP contribution in [0.4, 0.5) is 13.2 Å². The highest BCUT2D eigenvalue weighted by atomic mass is 19.4. The van der Waals surface area contributed by atoms with Gasteiger partial charge in [0.2, 0.25) is 5.43 Å². The van der Waals surface area contributed by atoms with Crippen LogP contribution in [-0.4, -0.2) is 29.4 Å². The van der Waals surface area contributed by atoms with E-state index in [0.717, 1.165) is 23.2 Å². The first-order valence-electron chi connectivity index (χ1n) is 11.0. The highest BCUT2D eigenvalue weighted by molar-refractivity contribution is 5.92. The van der Waals surface area contributed by atoms with Gasteiger partial charge in [0.25, 0.3) is 5.91 Å². The van der Waals surface area contributed by atoms with Crippen LogP contribution in [0.25, 0.3) is 5.69 Å². The molecule has 1 N–H and O–H groups in total. The predicted octanol–water partition coefficient (Wildman–Crippen LogP) is 4.85. The number of carbonyl (C=O) groups excluding carboxylic acids is 1. The second-order valence-electron chi connectivity index (χ2n) is 7.88. The summed E-state index contributed by atoms with van der Waals surface area (Å²) in [6.45, 7) is 5.64. The molecule has 1 unspecified atom stereocenters. The van der Waals surface area contributed by atoms with Crippen molar-refractivity contribution in [3.63, 3.8) is 0 Å². The van der Waals surface area contributed by atoms with Gasteiger partial charge in [-0.25, -0.2) is 4.68 Å². The number of halogens is 3. The molecule has 1 aromatic heterocycles. The molecule has 0 radical (unpaired) electrons. The number of amides is 1. The van der Waals surface area contributed by atoms with Crippen LogP contribution in [0.15, 0.2) is 53.3 Å². The zero-order valence-corrected chi connectivity index (χ0v) is 19.8. The quantitative estimate of drug-likeness (QED) is 0.489. The monoisotopic (exact) mass is 489 g/mol. The number of methoxy groups -OCH3 is 1. The molecule has 1 atom stereocenters. The lowest BCUT2D eigenvalue weighted by atomic mass is 10.1. The molecule has 0 aliphatic carbocycles. The van der Waals surface area contributed by atoms with Crippen LogP contribution in [0.5, 0.6) is 11.5 Å². The Hall–Kier alpha value is -3.82. The smallest absolute Gasteiger partial charge is 0.418 e. The number of aryl methyl sites for hydroxylation is 1. The van der Waals surface area contributed by atoms with Crippen LogP contribution in [-0.2, 0) is 6.18 Å². The van der Waals surface area contributed by atoms with Gasteiger partial charge in [-0.15, -0.1) is 0 Å². The molecule has 186 valence electrons. The van der Waals surface area contributed by atoms with Crippen molar-refractivity contribution in [2.24, 2.45) is 0 Å². The van der Waals surface area contributed by atoms with E-state index in [1.165, 1.54) is 32.2 Å². The largest absolute Gasteiger partial charge is 0.493 e. The molecular formula is C25H26F3N3O4. The summed E-state index contributed by atoms with van der Waals surface area (Å²) in [6, 6.07) is 10.5. The molecule has 7 nitrogen and oxygen atoms in total. The molecule has 2 aromatic carbocycles. The summed E-state index contributed by atoms with van der Waals surface area (Å²) in [5.41, 5.74) is -1.61. The van der Waals surface area contributed by atoms with Crippen LogP contribution in [0.1, 0.15) is 53.6 Å². The van der Waals surface area contributed by atoms with Crippen LogP contribution in [0.3, 0.4) is 0 Å². The van der Waals surface area contributed by atoms with Gasteiger partial charge in [0.1, 0.15) is 0 Å². The molecule has 0 aliphatic rings. The Morgan fingerprint density at radius 1 is 1.14 bits per heavy atom. The third kappa shape index (κ3) is 5.82. The summed E-state index contributed by atoms with van der Waals surface area (Å²) in [6.07, 6.45) is -3.82. The molecule has 35 heavy (non-hydrogen) atoms. The Morgan fingerprint density at radius 2 is 1.86 bits per heavy atom. The molecule has 10 heteroatoms. The number of carbonyl (C=O) groups is 1. The third-order valence-electron chi connectivity index (χ3n) is 5.26. The van der Waals surface area contributed by atoms with E-state index >= 15 is 0 Å². The van der Waals surface area contributed by atoms with Gasteiger partial charge in [0.05, 0.1) is 31.0 Å². The van der Waals surface area contributed by atoms with Crippen molar-refractivity contribution in [2.45, 2.75) is 39.4 Å². The van der Waals surface area contributed by atoms with E-state index in [-0.39, 0.29) is 11.4 Å². The fraction of sp³-hybridized carbons (Fsp3) is 0.320. The van der Waals surface area contributed by atoms with Gasteiger partial charge >= 0.3 is 6.18 Å². The summed E-state index contributed by atoms with van der Waals surface area (Å²) < 4.78 is 52.5. The second kappa shape index (κ2) is 10.6. The van der Waals surface area contributed by atoms with Crippen molar-refractivity contribution < 1.29 is 27.4 Å². The molecule has 0 spiro atoms. The summed E-state index contributed by atoms with van der Waals surface area (Å²) in [7, 11) is 1.50. The topological polar surface area (TPSA) is 82.5 Å². The van der Waals surface area contributed by atoms with Crippen molar-refractivity contribution in [3.8, 4) is 17.2 Å². The zero-order chi connectivity index (χ0) is 25.8. The average molecular weight is 489 g/mol. The lowest BCUT2D eigenvalue weighted by molar-refractivity contribution is -0.137. The highest BCUT2D eigenvalue weighted by Gasteiger charge is 2.34. The maximum absolute atomic E-state index is 13.5. The first kappa shape index (κ1) is 25.8. The molecule has 0 bridgehead atoms. The maximum Gasteiger partial charge on any atom is 0.418 e. The van der Waals surface area contributed by atoms with Gasteiger partial charge in [-0.2, -0.15) is 18.3 Å². The van der Waals surface area contributed by atoms with Crippen molar-refractivity contribution in [3.05, 3.63) is 81.3 Å². The van der Waals surface area contributed by atoms with Gasteiger partial charge in [0, 0.05) is 11.8 Å². The lowest BCUT2D eigenvalue weighted by Gasteiger charge is -2.18. The number of aromatic nitrogens is 2. The van der Waals surface area contributed by atoms with Gasteiger partial charge in [-0.05, 0) is 50.1 Å². The highest BCUT2D eigenvalue weighted by Crippen LogP contribution is 2.34. The zero-order valence-electron chi connectivity index (χ0n) is 19.8. The number of ether oxygens (including phenoxy) is 2. The van der Waals surface area contributed by atoms with Crippen LogP contribution >= 0.6 is 0 Å². The average Bonchev–Trinajstić information content (AvgIpc) is 2.82. The van der Waals surface area contributed by atoms with Gasteiger partial charge < -0.3 is 14.8 Å². The number of hydrogen-bond donors (Lipinski definition) is 1. The fourth-order valence-corrected chi connectivity index (χ4v) is 3.48. The Balaban J connectivity index is 1.92. The fourth-order valence-electron chi connectivity index (χ4n) is 3.48. The number of rotatable bonds is 8. The summed E-state index contributed by atoms with van der Waals surface area (Å²) in [5, 5.41) is 6.67. The summed E-state index contributed by atoms with van der Waals surface area (Å²) in [5.74, 6) is 0.227. The number of para-hydroxylation sites is 1.